The van der Waals surface area contributed by atoms with Gasteiger partial charge >= 0.3 is 0 Å². The molecule has 1 aliphatic carbocycles. The normalized spacial score (nSPS) is 25.0. The van der Waals surface area contributed by atoms with Crippen LogP contribution in [0.3, 0.4) is 0 Å². The van der Waals surface area contributed by atoms with Crippen LogP contribution in [-0.4, -0.2) is 59.7 Å². The Morgan fingerprint density at radius 2 is 1.83 bits per heavy atom. The van der Waals surface area contributed by atoms with Gasteiger partial charge in [0.05, 0.1) is 6.10 Å². The lowest BCUT2D eigenvalue weighted by Crippen LogP contribution is -2.36. The molecule has 0 spiro atoms. The van der Waals surface area contributed by atoms with E-state index in [4.69, 9.17) is 0 Å². The molecule has 1 N–H and O–H groups in total. The highest BCUT2D eigenvalue weighted by Crippen LogP contribution is 2.31. The number of benzene rings is 1. The Balaban J connectivity index is 1.61. The van der Waals surface area contributed by atoms with Gasteiger partial charge in [-0.05, 0) is 62.6 Å². The molecule has 0 bridgehead atoms. The molecule has 1 saturated carbocycles. The lowest BCUT2D eigenvalue weighted by atomic mass is 10.1. The van der Waals surface area contributed by atoms with Crippen LogP contribution in [0.5, 0.6) is 0 Å². The van der Waals surface area contributed by atoms with E-state index in [2.05, 4.69) is 11.2 Å². The molecule has 3 rings (SSSR count). The molecule has 1 heterocycles. The summed E-state index contributed by atoms with van der Waals surface area (Å²) in [7, 11) is 1.94. The summed E-state index contributed by atoms with van der Waals surface area (Å²) in [6.07, 6.45) is 7.08. The number of rotatable bonds is 4. The van der Waals surface area contributed by atoms with Gasteiger partial charge in [0.25, 0.3) is 5.91 Å². The summed E-state index contributed by atoms with van der Waals surface area (Å²) in [5, 5.41) is 10.3. The third-order valence-corrected chi connectivity index (χ3v) is 6.60. The fraction of sp³-hybridized carbons (Fsp3) is 0.632. The SMILES string of the molecule is CS[C@H]1CC[C@H](N(C)C(=O)c2ccc(N3CCC(O)CC3)cc2)C1. The maximum atomic E-state index is 12.7. The maximum absolute atomic E-state index is 12.7. The van der Waals surface area contributed by atoms with E-state index in [1.54, 1.807) is 0 Å². The highest BCUT2D eigenvalue weighted by atomic mass is 32.2. The molecule has 24 heavy (non-hydrogen) atoms. The van der Waals surface area contributed by atoms with Gasteiger partial charge < -0.3 is 14.9 Å². The highest BCUT2D eigenvalue weighted by Gasteiger charge is 2.29. The average Bonchev–Trinajstić information content (AvgIpc) is 3.10. The van der Waals surface area contributed by atoms with Crippen molar-refractivity contribution in [2.45, 2.75) is 49.5 Å². The van der Waals surface area contributed by atoms with Crippen molar-refractivity contribution in [3.05, 3.63) is 29.8 Å². The molecular formula is C19H28N2O2S. The van der Waals surface area contributed by atoms with E-state index in [1.807, 2.05) is 48.0 Å². The van der Waals surface area contributed by atoms with Crippen molar-refractivity contribution in [2.24, 2.45) is 0 Å². The van der Waals surface area contributed by atoms with Crippen LogP contribution in [0.15, 0.2) is 24.3 Å². The third kappa shape index (κ3) is 3.89. The Morgan fingerprint density at radius 3 is 2.42 bits per heavy atom. The van der Waals surface area contributed by atoms with Crippen LogP contribution in [0.1, 0.15) is 42.5 Å². The molecule has 0 radical (unpaired) electrons. The van der Waals surface area contributed by atoms with E-state index < -0.39 is 0 Å². The standard InChI is InChI=1S/C19H28N2O2S/c1-20(16-7-8-18(13-16)24-2)19(23)14-3-5-15(6-4-14)21-11-9-17(22)10-12-21/h3-6,16-18,22H,7-13H2,1-2H3/t16-,18-/m0/s1. The minimum atomic E-state index is -0.160. The van der Waals surface area contributed by atoms with Crippen LogP contribution in [0.2, 0.25) is 0 Å². The predicted octanol–water partition coefficient (Wildman–Crippen LogP) is 3.00. The molecule has 0 unspecified atom stereocenters. The number of carbonyl (C=O) groups is 1. The first-order valence-electron chi connectivity index (χ1n) is 8.91. The number of anilines is 1. The Labute approximate surface area is 149 Å². The summed E-state index contributed by atoms with van der Waals surface area (Å²) in [5.41, 5.74) is 1.91. The quantitative estimate of drug-likeness (QED) is 0.908. The predicted molar refractivity (Wildman–Crippen MR) is 101 cm³/mol. The van der Waals surface area contributed by atoms with Gasteiger partial charge in [0.1, 0.15) is 0 Å². The number of nitrogens with zero attached hydrogens (tertiary/aromatic N) is 2. The molecule has 2 aliphatic rings. The number of thioether (sulfide) groups is 1. The summed E-state index contributed by atoms with van der Waals surface area (Å²) >= 11 is 1.92. The number of hydrogen-bond donors (Lipinski definition) is 1. The van der Waals surface area contributed by atoms with Crippen LogP contribution in [0, 0.1) is 0 Å². The molecule has 132 valence electrons. The molecule has 2 fully saturated rings. The van der Waals surface area contributed by atoms with E-state index in [1.165, 1.54) is 6.42 Å². The number of amides is 1. The molecule has 1 amide bonds. The molecule has 0 aromatic heterocycles. The number of piperidine rings is 1. The summed E-state index contributed by atoms with van der Waals surface area (Å²) < 4.78 is 0. The van der Waals surface area contributed by atoms with Gasteiger partial charge in [-0.25, -0.2) is 0 Å². The van der Waals surface area contributed by atoms with Gasteiger partial charge in [-0.1, -0.05) is 0 Å². The first kappa shape index (κ1) is 17.6. The van der Waals surface area contributed by atoms with Crippen molar-refractivity contribution < 1.29 is 9.90 Å². The van der Waals surface area contributed by atoms with Crippen molar-refractivity contribution >= 4 is 23.4 Å². The Hall–Kier alpha value is -1.20. The molecule has 1 aromatic rings. The van der Waals surface area contributed by atoms with Crippen molar-refractivity contribution in [3.63, 3.8) is 0 Å². The van der Waals surface area contributed by atoms with Gasteiger partial charge in [0.2, 0.25) is 0 Å². The molecule has 2 atom stereocenters. The van der Waals surface area contributed by atoms with Crippen LogP contribution < -0.4 is 4.90 Å². The summed E-state index contributed by atoms with van der Waals surface area (Å²) in [6, 6.07) is 8.34. The second-order valence-corrected chi connectivity index (χ2v) is 8.14. The number of carbonyl (C=O) groups excluding carboxylic acids is 1. The number of hydrogen-bond acceptors (Lipinski definition) is 4. The van der Waals surface area contributed by atoms with Crippen LogP contribution >= 0.6 is 11.8 Å². The molecular weight excluding hydrogens is 320 g/mol. The van der Waals surface area contributed by atoms with E-state index in [9.17, 15) is 9.90 Å². The minimum absolute atomic E-state index is 0.127. The maximum Gasteiger partial charge on any atom is 0.253 e. The van der Waals surface area contributed by atoms with Gasteiger partial charge in [0.15, 0.2) is 0 Å². The van der Waals surface area contributed by atoms with Gasteiger partial charge in [-0.3, -0.25) is 4.79 Å². The summed E-state index contributed by atoms with van der Waals surface area (Å²) in [5.74, 6) is 0.127. The van der Waals surface area contributed by atoms with Crippen molar-refractivity contribution in [2.75, 3.05) is 31.3 Å². The second kappa shape index (κ2) is 7.79. The van der Waals surface area contributed by atoms with Gasteiger partial charge in [-0.2, -0.15) is 11.8 Å². The zero-order valence-electron chi connectivity index (χ0n) is 14.6. The van der Waals surface area contributed by atoms with Crippen molar-refractivity contribution in [1.29, 1.82) is 0 Å². The fourth-order valence-electron chi connectivity index (χ4n) is 3.79. The molecule has 1 saturated heterocycles. The lowest BCUT2D eigenvalue weighted by Gasteiger charge is -2.31. The van der Waals surface area contributed by atoms with Crippen LogP contribution in [0.4, 0.5) is 5.69 Å². The molecule has 1 aliphatic heterocycles. The van der Waals surface area contributed by atoms with Crippen LogP contribution in [0.25, 0.3) is 0 Å². The lowest BCUT2D eigenvalue weighted by molar-refractivity contribution is 0.0735. The highest BCUT2D eigenvalue weighted by molar-refractivity contribution is 7.99. The van der Waals surface area contributed by atoms with E-state index in [-0.39, 0.29) is 12.0 Å². The van der Waals surface area contributed by atoms with Crippen molar-refractivity contribution in [3.8, 4) is 0 Å². The van der Waals surface area contributed by atoms with Gasteiger partial charge in [-0.15, -0.1) is 0 Å². The monoisotopic (exact) mass is 348 g/mol. The molecule has 4 nitrogen and oxygen atoms in total. The second-order valence-electron chi connectivity index (χ2n) is 7.01. The fourth-order valence-corrected chi connectivity index (χ4v) is 4.58. The first-order valence-corrected chi connectivity index (χ1v) is 10.2. The number of aliphatic hydroxyl groups is 1. The Kier molecular flexibility index (Phi) is 5.72. The Bertz CT molecular complexity index is 555. The zero-order chi connectivity index (χ0) is 17.1. The third-order valence-electron chi connectivity index (χ3n) is 5.50. The van der Waals surface area contributed by atoms with Crippen molar-refractivity contribution in [1.82, 2.24) is 4.90 Å². The Morgan fingerprint density at radius 1 is 1.17 bits per heavy atom. The summed E-state index contributed by atoms with van der Waals surface area (Å²) in [4.78, 5) is 16.9. The average molecular weight is 349 g/mol. The summed E-state index contributed by atoms with van der Waals surface area (Å²) in [6.45, 7) is 1.76. The van der Waals surface area contributed by atoms with E-state index in [0.29, 0.717) is 11.3 Å². The molecule has 1 aromatic carbocycles. The van der Waals surface area contributed by atoms with E-state index >= 15 is 0 Å². The topological polar surface area (TPSA) is 43.8 Å². The minimum Gasteiger partial charge on any atom is -0.393 e. The smallest absolute Gasteiger partial charge is 0.253 e. The zero-order valence-corrected chi connectivity index (χ0v) is 15.5. The van der Waals surface area contributed by atoms with E-state index in [0.717, 1.165) is 50.0 Å². The molecule has 5 heteroatoms. The number of aliphatic hydroxyl groups excluding tert-OH is 1. The van der Waals surface area contributed by atoms with Crippen LogP contribution in [-0.2, 0) is 0 Å². The largest absolute Gasteiger partial charge is 0.393 e. The van der Waals surface area contributed by atoms with Gasteiger partial charge in [0, 0.05) is 42.7 Å². The first-order chi connectivity index (χ1) is 11.6.